The third-order valence-electron chi connectivity index (χ3n) is 4.35. The van der Waals surface area contributed by atoms with Crippen LogP contribution in [0.2, 0.25) is 0 Å². The molecule has 2 N–H and O–H groups in total. The van der Waals surface area contributed by atoms with Crippen molar-refractivity contribution in [2.24, 2.45) is 0 Å². The van der Waals surface area contributed by atoms with Gasteiger partial charge in [0.2, 0.25) is 0 Å². The highest BCUT2D eigenvalue weighted by molar-refractivity contribution is 5.92. The number of halogens is 3. The fourth-order valence-corrected chi connectivity index (χ4v) is 2.66. The van der Waals surface area contributed by atoms with Crippen molar-refractivity contribution >= 4 is 17.4 Å². The van der Waals surface area contributed by atoms with Crippen LogP contribution in [0.3, 0.4) is 0 Å². The standard InChI is InChI=1S/C17H19F3N6O2/c1-9-5-8-28-12(9)15(27)22-7-4-6-21-13-10(2)11(3)14-23-24-16(17(18,19)20)26(14)25-13/h5,8H,4,6-7H2,1-3H3,(H,21,25)(H,22,27). The molecule has 0 fully saturated rings. The van der Waals surface area contributed by atoms with E-state index in [9.17, 15) is 18.0 Å². The Morgan fingerprint density at radius 1 is 1.18 bits per heavy atom. The smallest absolute Gasteiger partial charge is 0.453 e. The number of rotatable bonds is 6. The molecule has 0 bridgehead atoms. The minimum Gasteiger partial charge on any atom is -0.459 e. The highest BCUT2D eigenvalue weighted by Crippen LogP contribution is 2.29. The first-order valence-electron chi connectivity index (χ1n) is 8.56. The number of hydrogen-bond acceptors (Lipinski definition) is 6. The van der Waals surface area contributed by atoms with Crippen LogP contribution in [0.4, 0.5) is 19.0 Å². The second kappa shape index (κ2) is 7.49. The molecule has 0 aliphatic heterocycles. The zero-order valence-corrected chi connectivity index (χ0v) is 15.5. The molecule has 0 aliphatic rings. The summed E-state index contributed by atoms with van der Waals surface area (Å²) in [7, 11) is 0. The highest BCUT2D eigenvalue weighted by Gasteiger charge is 2.38. The summed E-state index contributed by atoms with van der Waals surface area (Å²) in [5.41, 5.74) is 2.05. The van der Waals surface area contributed by atoms with Gasteiger partial charge in [-0.15, -0.1) is 15.3 Å². The Kier molecular flexibility index (Phi) is 5.25. The molecule has 3 aromatic heterocycles. The topological polar surface area (TPSA) is 97.3 Å². The molecule has 0 saturated heterocycles. The number of furan rings is 1. The molecule has 0 radical (unpaired) electrons. The van der Waals surface area contributed by atoms with Gasteiger partial charge in [0.25, 0.3) is 11.7 Å². The molecular weight excluding hydrogens is 377 g/mol. The molecule has 0 atom stereocenters. The number of nitrogens with zero attached hydrogens (tertiary/aromatic N) is 4. The normalized spacial score (nSPS) is 11.8. The van der Waals surface area contributed by atoms with Crippen molar-refractivity contribution in [1.29, 1.82) is 0 Å². The fraction of sp³-hybridized carbons (Fsp3) is 0.412. The Hall–Kier alpha value is -3.11. The van der Waals surface area contributed by atoms with Crippen LogP contribution in [0, 0.1) is 20.8 Å². The molecular formula is C17H19F3N6O2. The van der Waals surface area contributed by atoms with Gasteiger partial charge in [0.05, 0.1) is 6.26 Å². The molecule has 0 aromatic carbocycles. The molecule has 150 valence electrons. The van der Waals surface area contributed by atoms with Crippen LogP contribution in [0.5, 0.6) is 0 Å². The van der Waals surface area contributed by atoms with Crippen LogP contribution >= 0.6 is 0 Å². The molecule has 11 heteroatoms. The summed E-state index contributed by atoms with van der Waals surface area (Å²) in [6.07, 6.45) is -2.67. The molecule has 8 nitrogen and oxygen atoms in total. The lowest BCUT2D eigenvalue weighted by molar-refractivity contribution is -0.146. The number of carbonyl (C=O) groups excluding carboxylic acids is 1. The predicted octanol–water partition coefficient (Wildman–Crippen LogP) is 2.89. The number of anilines is 1. The SMILES string of the molecule is Cc1ccoc1C(=O)NCCCNc1nn2c(C(F)(F)F)nnc2c(C)c1C. The van der Waals surface area contributed by atoms with E-state index in [1.165, 1.54) is 6.26 Å². The first-order valence-corrected chi connectivity index (χ1v) is 8.56. The quantitative estimate of drug-likeness (QED) is 0.622. The lowest BCUT2D eigenvalue weighted by Crippen LogP contribution is -2.26. The van der Waals surface area contributed by atoms with E-state index in [4.69, 9.17) is 4.42 Å². The third kappa shape index (κ3) is 3.78. The number of nitrogens with one attached hydrogen (secondary N) is 2. The molecule has 1 amide bonds. The van der Waals surface area contributed by atoms with E-state index in [2.05, 4.69) is 25.9 Å². The van der Waals surface area contributed by atoms with E-state index in [1.807, 2.05) is 0 Å². The number of carbonyl (C=O) groups is 1. The average Bonchev–Trinajstić information content (AvgIpc) is 3.24. The van der Waals surface area contributed by atoms with Crippen molar-refractivity contribution in [3.8, 4) is 0 Å². The van der Waals surface area contributed by atoms with Gasteiger partial charge < -0.3 is 15.1 Å². The Balaban J connectivity index is 1.63. The Labute approximate surface area is 158 Å². The largest absolute Gasteiger partial charge is 0.459 e. The van der Waals surface area contributed by atoms with Crippen molar-refractivity contribution in [1.82, 2.24) is 25.1 Å². The minimum atomic E-state index is -4.65. The second-order valence-electron chi connectivity index (χ2n) is 6.32. The summed E-state index contributed by atoms with van der Waals surface area (Å²) in [6.45, 7) is 5.95. The van der Waals surface area contributed by atoms with E-state index in [1.54, 1.807) is 26.8 Å². The van der Waals surface area contributed by atoms with Gasteiger partial charge in [0.1, 0.15) is 5.82 Å². The average molecular weight is 396 g/mol. The summed E-state index contributed by atoms with van der Waals surface area (Å²) >= 11 is 0. The maximum absolute atomic E-state index is 13.1. The Morgan fingerprint density at radius 3 is 2.57 bits per heavy atom. The minimum absolute atomic E-state index is 0.0662. The van der Waals surface area contributed by atoms with Crippen LogP contribution in [-0.4, -0.2) is 38.8 Å². The molecule has 3 heterocycles. The Morgan fingerprint density at radius 2 is 1.93 bits per heavy atom. The van der Waals surface area contributed by atoms with Gasteiger partial charge in [-0.3, -0.25) is 4.79 Å². The fourth-order valence-electron chi connectivity index (χ4n) is 2.66. The lowest BCUT2D eigenvalue weighted by Gasteiger charge is -2.12. The van der Waals surface area contributed by atoms with E-state index >= 15 is 0 Å². The molecule has 0 aliphatic carbocycles. The van der Waals surface area contributed by atoms with Crippen LogP contribution in [0.15, 0.2) is 16.7 Å². The Bertz CT molecular complexity index is 1010. The van der Waals surface area contributed by atoms with Crippen molar-refractivity contribution < 1.29 is 22.4 Å². The maximum Gasteiger partial charge on any atom is 0.453 e. The number of aromatic nitrogens is 4. The number of fused-ring (bicyclic) bond motifs is 1. The van der Waals surface area contributed by atoms with Crippen molar-refractivity contribution in [2.45, 2.75) is 33.4 Å². The van der Waals surface area contributed by atoms with Gasteiger partial charge in [-0.25, -0.2) is 0 Å². The molecule has 0 unspecified atom stereocenters. The predicted molar refractivity (Wildman–Crippen MR) is 94.1 cm³/mol. The summed E-state index contributed by atoms with van der Waals surface area (Å²) in [5.74, 6) is -0.912. The first-order chi connectivity index (χ1) is 13.2. The molecule has 0 saturated carbocycles. The number of hydrogen-bond donors (Lipinski definition) is 2. The van der Waals surface area contributed by atoms with Gasteiger partial charge in [-0.1, -0.05) is 0 Å². The van der Waals surface area contributed by atoms with E-state index < -0.39 is 12.0 Å². The van der Waals surface area contributed by atoms with Gasteiger partial charge in [0, 0.05) is 24.2 Å². The highest BCUT2D eigenvalue weighted by atomic mass is 19.4. The molecule has 3 rings (SSSR count). The van der Waals surface area contributed by atoms with Crippen molar-refractivity contribution in [2.75, 3.05) is 18.4 Å². The van der Waals surface area contributed by atoms with E-state index in [0.29, 0.717) is 41.0 Å². The van der Waals surface area contributed by atoms with Gasteiger partial charge in [-0.2, -0.15) is 17.7 Å². The van der Waals surface area contributed by atoms with Crippen molar-refractivity contribution in [3.63, 3.8) is 0 Å². The van der Waals surface area contributed by atoms with E-state index in [0.717, 1.165) is 5.56 Å². The van der Waals surface area contributed by atoms with Gasteiger partial charge in [-0.05, 0) is 38.8 Å². The molecule has 0 spiro atoms. The molecule has 3 aromatic rings. The summed E-state index contributed by atoms with van der Waals surface area (Å²) < 4.78 is 45.0. The number of alkyl halides is 3. The number of amides is 1. The zero-order chi connectivity index (χ0) is 20.5. The second-order valence-corrected chi connectivity index (χ2v) is 6.32. The van der Waals surface area contributed by atoms with Crippen LogP contribution in [-0.2, 0) is 6.18 Å². The van der Waals surface area contributed by atoms with Crippen LogP contribution in [0.1, 0.15) is 39.5 Å². The third-order valence-corrected chi connectivity index (χ3v) is 4.35. The first kappa shape index (κ1) is 19.6. The zero-order valence-electron chi connectivity index (χ0n) is 15.5. The van der Waals surface area contributed by atoms with E-state index in [-0.39, 0.29) is 17.3 Å². The van der Waals surface area contributed by atoms with Crippen molar-refractivity contribution in [3.05, 3.63) is 40.6 Å². The molecule has 28 heavy (non-hydrogen) atoms. The number of aryl methyl sites for hydroxylation is 2. The maximum atomic E-state index is 13.1. The van der Waals surface area contributed by atoms with Crippen LogP contribution in [0.25, 0.3) is 5.65 Å². The summed E-state index contributed by atoms with van der Waals surface area (Å²) in [6, 6.07) is 1.70. The van der Waals surface area contributed by atoms with Gasteiger partial charge in [0.15, 0.2) is 11.4 Å². The lowest BCUT2D eigenvalue weighted by atomic mass is 10.2. The summed E-state index contributed by atoms with van der Waals surface area (Å²) in [5, 5.41) is 16.5. The summed E-state index contributed by atoms with van der Waals surface area (Å²) in [4.78, 5) is 11.9. The van der Waals surface area contributed by atoms with Crippen LogP contribution < -0.4 is 10.6 Å². The van der Waals surface area contributed by atoms with Gasteiger partial charge >= 0.3 is 6.18 Å². The monoisotopic (exact) mass is 396 g/mol.